The SMILES string of the molecule is O[C@@]12C[C@@H](CN3CCCCC31)C1CCCCN1C2. The third-order valence-electron chi connectivity index (χ3n) is 6.00. The van der Waals surface area contributed by atoms with E-state index in [1.807, 2.05) is 0 Å². The zero-order valence-corrected chi connectivity index (χ0v) is 11.4. The molecular formula is C15H26N2O. The van der Waals surface area contributed by atoms with Crippen LogP contribution in [0.1, 0.15) is 44.9 Å². The van der Waals surface area contributed by atoms with Gasteiger partial charge < -0.3 is 5.11 Å². The molecule has 0 aliphatic carbocycles. The van der Waals surface area contributed by atoms with Gasteiger partial charge in [-0.2, -0.15) is 0 Å². The highest BCUT2D eigenvalue weighted by Gasteiger charge is 2.54. The average Bonchev–Trinajstić information content (AvgIpc) is 2.38. The van der Waals surface area contributed by atoms with E-state index in [-0.39, 0.29) is 0 Å². The lowest BCUT2D eigenvalue weighted by molar-refractivity contribution is -0.176. The van der Waals surface area contributed by atoms with Crippen molar-refractivity contribution in [2.45, 2.75) is 62.6 Å². The summed E-state index contributed by atoms with van der Waals surface area (Å²) in [6.07, 6.45) is 9.08. The van der Waals surface area contributed by atoms with Crippen LogP contribution in [0.25, 0.3) is 0 Å². The molecule has 0 amide bonds. The van der Waals surface area contributed by atoms with Crippen molar-refractivity contribution in [3.05, 3.63) is 0 Å². The minimum atomic E-state index is -0.392. The Morgan fingerprint density at radius 2 is 1.72 bits per heavy atom. The standard InChI is InChI=1S/C15H26N2O/c18-15-9-12(10-16-7-4-2-6-14(15)16)13-5-1-3-8-17(13)11-15/h12-14,18H,1-11H2/t12-,13?,14?,15+/m0/s1. The summed E-state index contributed by atoms with van der Waals surface area (Å²) in [6, 6.07) is 1.24. The minimum absolute atomic E-state index is 0.392. The molecule has 4 aliphatic rings. The Labute approximate surface area is 110 Å². The van der Waals surface area contributed by atoms with Gasteiger partial charge in [0, 0.05) is 25.2 Å². The molecule has 0 radical (unpaired) electrons. The molecule has 3 nitrogen and oxygen atoms in total. The van der Waals surface area contributed by atoms with Crippen LogP contribution in [0.3, 0.4) is 0 Å². The molecule has 4 rings (SSSR count). The number of aliphatic hydroxyl groups is 1. The van der Waals surface area contributed by atoms with Crippen molar-refractivity contribution in [3.8, 4) is 0 Å². The van der Waals surface area contributed by atoms with Gasteiger partial charge in [0.15, 0.2) is 0 Å². The highest BCUT2D eigenvalue weighted by molar-refractivity contribution is 5.09. The second kappa shape index (κ2) is 4.19. The minimum Gasteiger partial charge on any atom is -0.387 e. The van der Waals surface area contributed by atoms with Crippen LogP contribution in [0, 0.1) is 5.92 Å². The number of rotatable bonds is 0. The van der Waals surface area contributed by atoms with E-state index in [4.69, 9.17) is 0 Å². The molecular weight excluding hydrogens is 224 g/mol. The molecule has 18 heavy (non-hydrogen) atoms. The summed E-state index contributed by atoms with van der Waals surface area (Å²) in [7, 11) is 0. The monoisotopic (exact) mass is 250 g/mol. The van der Waals surface area contributed by atoms with Crippen LogP contribution in [-0.2, 0) is 0 Å². The van der Waals surface area contributed by atoms with Crippen LogP contribution in [0.5, 0.6) is 0 Å². The third-order valence-corrected chi connectivity index (χ3v) is 6.00. The average molecular weight is 250 g/mol. The lowest BCUT2D eigenvalue weighted by Crippen LogP contribution is -2.71. The van der Waals surface area contributed by atoms with Gasteiger partial charge in [0.25, 0.3) is 0 Å². The van der Waals surface area contributed by atoms with Crippen molar-refractivity contribution < 1.29 is 5.11 Å². The predicted octanol–water partition coefficient (Wildman–Crippen LogP) is 1.46. The molecule has 0 spiro atoms. The fourth-order valence-electron chi connectivity index (χ4n) is 5.30. The Bertz CT molecular complexity index is 332. The zero-order chi connectivity index (χ0) is 12.2. The molecule has 0 aromatic rings. The summed E-state index contributed by atoms with van der Waals surface area (Å²) in [4.78, 5) is 5.26. The highest BCUT2D eigenvalue weighted by atomic mass is 16.3. The molecule has 3 heteroatoms. The smallest absolute Gasteiger partial charge is 0.0932 e. The predicted molar refractivity (Wildman–Crippen MR) is 71.5 cm³/mol. The summed E-state index contributed by atoms with van der Waals surface area (Å²) in [5, 5.41) is 11.2. The van der Waals surface area contributed by atoms with Crippen LogP contribution in [0.15, 0.2) is 0 Å². The lowest BCUT2D eigenvalue weighted by Gasteiger charge is -2.60. The van der Waals surface area contributed by atoms with Crippen LogP contribution in [0.4, 0.5) is 0 Å². The van der Waals surface area contributed by atoms with Gasteiger partial charge in [0.1, 0.15) is 0 Å². The molecule has 4 saturated heterocycles. The van der Waals surface area contributed by atoms with Crippen molar-refractivity contribution in [2.75, 3.05) is 26.2 Å². The first-order chi connectivity index (χ1) is 8.76. The van der Waals surface area contributed by atoms with E-state index in [1.165, 1.54) is 58.2 Å². The van der Waals surface area contributed by atoms with Crippen molar-refractivity contribution in [3.63, 3.8) is 0 Å². The highest BCUT2D eigenvalue weighted by Crippen LogP contribution is 2.44. The second-order valence-electron chi connectivity index (χ2n) is 7.11. The first-order valence-electron chi connectivity index (χ1n) is 7.97. The van der Waals surface area contributed by atoms with E-state index in [0.29, 0.717) is 6.04 Å². The van der Waals surface area contributed by atoms with Crippen LogP contribution in [-0.4, -0.2) is 58.8 Å². The fourth-order valence-corrected chi connectivity index (χ4v) is 5.30. The number of nitrogens with zero attached hydrogens (tertiary/aromatic N) is 2. The van der Waals surface area contributed by atoms with E-state index in [9.17, 15) is 5.11 Å². The summed E-state index contributed by atoms with van der Waals surface area (Å²) in [5.41, 5.74) is -0.392. The molecule has 4 atom stereocenters. The van der Waals surface area contributed by atoms with Gasteiger partial charge in [-0.1, -0.05) is 12.8 Å². The topological polar surface area (TPSA) is 26.7 Å². The van der Waals surface area contributed by atoms with E-state index in [0.717, 1.165) is 24.9 Å². The maximum atomic E-state index is 11.2. The molecule has 2 bridgehead atoms. The summed E-state index contributed by atoms with van der Waals surface area (Å²) >= 11 is 0. The largest absolute Gasteiger partial charge is 0.387 e. The first kappa shape index (κ1) is 11.7. The molecule has 0 aromatic carbocycles. The number of fused-ring (bicyclic) bond motifs is 6. The Balaban J connectivity index is 1.63. The zero-order valence-electron chi connectivity index (χ0n) is 11.4. The number of hydrogen-bond acceptors (Lipinski definition) is 3. The Morgan fingerprint density at radius 3 is 2.61 bits per heavy atom. The van der Waals surface area contributed by atoms with Gasteiger partial charge in [0.05, 0.1) is 5.60 Å². The van der Waals surface area contributed by atoms with Crippen molar-refractivity contribution in [1.82, 2.24) is 9.80 Å². The van der Waals surface area contributed by atoms with E-state index < -0.39 is 5.60 Å². The molecule has 4 heterocycles. The van der Waals surface area contributed by atoms with Gasteiger partial charge >= 0.3 is 0 Å². The number of piperidine rings is 4. The quantitative estimate of drug-likeness (QED) is 0.705. The van der Waals surface area contributed by atoms with Crippen molar-refractivity contribution in [1.29, 1.82) is 0 Å². The molecule has 0 aromatic heterocycles. The maximum absolute atomic E-state index is 11.2. The third kappa shape index (κ3) is 1.67. The molecule has 2 unspecified atom stereocenters. The first-order valence-corrected chi connectivity index (χ1v) is 7.97. The van der Waals surface area contributed by atoms with Crippen molar-refractivity contribution in [2.24, 2.45) is 5.92 Å². The van der Waals surface area contributed by atoms with Crippen LogP contribution in [0.2, 0.25) is 0 Å². The second-order valence-corrected chi connectivity index (χ2v) is 7.11. The van der Waals surface area contributed by atoms with Gasteiger partial charge in [-0.05, 0) is 51.1 Å². The van der Waals surface area contributed by atoms with Crippen LogP contribution < -0.4 is 0 Å². The van der Waals surface area contributed by atoms with E-state index in [1.54, 1.807) is 0 Å². The summed E-state index contributed by atoms with van der Waals surface area (Å²) in [6.45, 7) is 4.68. The lowest BCUT2D eigenvalue weighted by atomic mass is 9.68. The summed E-state index contributed by atoms with van der Waals surface area (Å²) in [5.74, 6) is 0.735. The summed E-state index contributed by atoms with van der Waals surface area (Å²) < 4.78 is 0. The van der Waals surface area contributed by atoms with Gasteiger partial charge in [-0.15, -0.1) is 0 Å². The molecule has 1 N–H and O–H groups in total. The molecule has 4 fully saturated rings. The van der Waals surface area contributed by atoms with Gasteiger partial charge in [-0.3, -0.25) is 9.80 Å². The van der Waals surface area contributed by atoms with Crippen LogP contribution >= 0.6 is 0 Å². The van der Waals surface area contributed by atoms with E-state index >= 15 is 0 Å². The maximum Gasteiger partial charge on any atom is 0.0932 e. The molecule has 0 saturated carbocycles. The normalized spacial score (nSPS) is 49.5. The number of hydrogen-bond donors (Lipinski definition) is 1. The Kier molecular flexibility index (Phi) is 2.72. The fraction of sp³-hybridized carbons (Fsp3) is 1.00. The van der Waals surface area contributed by atoms with Crippen molar-refractivity contribution >= 4 is 0 Å². The van der Waals surface area contributed by atoms with Gasteiger partial charge in [-0.25, -0.2) is 0 Å². The van der Waals surface area contributed by atoms with Gasteiger partial charge in [0.2, 0.25) is 0 Å². The Hall–Kier alpha value is -0.120. The molecule has 102 valence electrons. The molecule has 4 aliphatic heterocycles. The van der Waals surface area contributed by atoms with E-state index in [2.05, 4.69) is 9.80 Å². The Morgan fingerprint density at radius 1 is 0.944 bits per heavy atom.